The minimum absolute atomic E-state index is 0.287. The lowest BCUT2D eigenvalue weighted by atomic mass is 10.2. The van der Waals surface area contributed by atoms with Crippen molar-refractivity contribution in [2.24, 2.45) is 0 Å². The van der Waals surface area contributed by atoms with E-state index in [0.717, 1.165) is 22.8 Å². The van der Waals surface area contributed by atoms with E-state index in [1.165, 1.54) is 0 Å². The van der Waals surface area contributed by atoms with Gasteiger partial charge in [-0.25, -0.2) is 4.98 Å². The number of nitrogens with two attached hydrogens (primary N) is 1. The van der Waals surface area contributed by atoms with E-state index in [9.17, 15) is 0 Å². The van der Waals surface area contributed by atoms with Crippen LogP contribution >= 0.6 is 0 Å². The molecule has 0 bridgehead atoms. The Labute approximate surface area is 100 Å². The van der Waals surface area contributed by atoms with Crippen molar-refractivity contribution in [1.82, 2.24) is 15.0 Å². The molecular formula is C12H15N5. The maximum absolute atomic E-state index is 5.57. The standard InChI is InChI=1S/C12H15N5/c1-8-3-4-10(6-14-8)7-15-11-5-9(2)16-12(13)17-11/h3-6H,7H2,1-2H3,(H3,13,15,16,17). The van der Waals surface area contributed by atoms with Gasteiger partial charge in [0.05, 0.1) is 0 Å². The predicted molar refractivity (Wildman–Crippen MR) is 67.5 cm³/mol. The van der Waals surface area contributed by atoms with Gasteiger partial charge >= 0.3 is 0 Å². The molecule has 2 rings (SSSR count). The van der Waals surface area contributed by atoms with Gasteiger partial charge in [0.15, 0.2) is 0 Å². The molecule has 0 aliphatic heterocycles. The Morgan fingerprint density at radius 1 is 1.18 bits per heavy atom. The fourth-order valence-corrected chi connectivity index (χ4v) is 1.48. The number of aryl methyl sites for hydroxylation is 2. The largest absolute Gasteiger partial charge is 0.368 e. The smallest absolute Gasteiger partial charge is 0.222 e. The maximum atomic E-state index is 5.57. The third-order valence-corrected chi connectivity index (χ3v) is 2.32. The zero-order valence-electron chi connectivity index (χ0n) is 9.94. The van der Waals surface area contributed by atoms with Crippen molar-refractivity contribution in [2.75, 3.05) is 11.1 Å². The van der Waals surface area contributed by atoms with E-state index in [0.29, 0.717) is 6.54 Å². The molecule has 5 heteroatoms. The summed E-state index contributed by atoms with van der Waals surface area (Å²) >= 11 is 0. The molecule has 0 radical (unpaired) electrons. The topological polar surface area (TPSA) is 76.7 Å². The van der Waals surface area contributed by atoms with E-state index in [1.54, 1.807) is 0 Å². The Morgan fingerprint density at radius 3 is 2.65 bits per heavy atom. The first kappa shape index (κ1) is 11.3. The van der Waals surface area contributed by atoms with Gasteiger partial charge in [0, 0.05) is 30.2 Å². The quantitative estimate of drug-likeness (QED) is 0.837. The van der Waals surface area contributed by atoms with Crippen LogP contribution in [-0.2, 0) is 6.54 Å². The van der Waals surface area contributed by atoms with Crippen molar-refractivity contribution in [3.8, 4) is 0 Å². The molecule has 0 unspecified atom stereocenters. The zero-order valence-corrected chi connectivity index (χ0v) is 9.94. The first-order valence-electron chi connectivity index (χ1n) is 5.40. The van der Waals surface area contributed by atoms with Gasteiger partial charge in [0.25, 0.3) is 0 Å². The minimum Gasteiger partial charge on any atom is -0.368 e. The molecule has 2 aromatic rings. The number of nitrogens with zero attached hydrogens (tertiary/aromatic N) is 3. The van der Waals surface area contributed by atoms with Crippen LogP contribution in [-0.4, -0.2) is 15.0 Å². The summed E-state index contributed by atoms with van der Waals surface area (Å²) in [6.07, 6.45) is 1.85. The number of rotatable bonds is 3. The van der Waals surface area contributed by atoms with Crippen molar-refractivity contribution in [1.29, 1.82) is 0 Å². The Hall–Kier alpha value is -2.17. The van der Waals surface area contributed by atoms with Crippen LogP contribution in [0.25, 0.3) is 0 Å². The van der Waals surface area contributed by atoms with Crippen LogP contribution in [0.5, 0.6) is 0 Å². The van der Waals surface area contributed by atoms with Crippen LogP contribution in [0.2, 0.25) is 0 Å². The molecule has 3 N–H and O–H groups in total. The first-order valence-corrected chi connectivity index (χ1v) is 5.40. The number of nitrogen functional groups attached to an aromatic ring is 1. The van der Waals surface area contributed by atoms with Crippen LogP contribution in [0.15, 0.2) is 24.4 Å². The number of aromatic nitrogens is 3. The lowest BCUT2D eigenvalue weighted by Gasteiger charge is -2.06. The van der Waals surface area contributed by atoms with Crippen LogP contribution < -0.4 is 11.1 Å². The molecule has 0 atom stereocenters. The van der Waals surface area contributed by atoms with Gasteiger partial charge in [0.2, 0.25) is 5.95 Å². The molecule has 0 spiro atoms. The summed E-state index contributed by atoms with van der Waals surface area (Å²) in [4.78, 5) is 12.3. The Bertz CT molecular complexity index is 487. The van der Waals surface area contributed by atoms with E-state index >= 15 is 0 Å². The monoisotopic (exact) mass is 229 g/mol. The van der Waals surface area contributed by atoms with E-state index in [1.807, 2.05) is 38.2 Å². The SMILES string of the molecule is Cc1ccc(CNc2cc(C)nc(N)n2)cn1. The summed E-state index contributed by atoms with van der Waals surface area (Å²) in [6, 6.07) is 5.88. The molecule has 2 aromatic heterocycles. The molecular weight excluding hydrogens is 214 g/mol. The van der Waals surface area contributed by atoms with Crippen LogP contribution in [0, 0.1) is 13.8 Å². The Morgan fingerprint density at radius 2 is 2.00 bits per heavy atom. The molecule has 88 valence electrons. The van der Waals surface area contributed by atoms with Crippen molar-refractivity contribution >= 4 is 11.8 Å². The summed E-state index contributed by atoms with van der Waals surface area (Å²) in [5, 5.41) is 3.19. The first-order chi connectivity index (χ1) is 8.13. The van der Waals surface area contributed by atoms with Gasteiger partial charge in [-0.05, 0) is 25.5 Å². The highest BCUT2D eigenvalue weighted by Gasteiger charge is 1.99. The van der Waals surface area contributed by atoms with Gasteiger partial charge in [-0.3, -0.25) is 4.98 Å². The fraction of sp³-hybridized carbons (Fsp3) is 0.250. The average Bonchev–Trinajstić information content (AvgIpc) is 2.27. The molecule has 0 saturated heterocycles. The second-order valence-electron chi connectivity index (χ2n) is 3.91. The number of anilines is 2. The van der Waals surface area contributed by atoms with E-state index in [-0.39, 0.29) is 5.95 Å². The van der Waals surface area contributed by atoms with Gasteiger partial charge < -0.3 is 11.1 Å². The highest BCUT2D eigenvalue weighted by molar-refractivity contribution is 5.40. The minimum atomic E-state index is 0.287. The van der Waals surface area contributed by atoms with Crippen molar-refractivity contribution in [3.63, 3.8) is 0 Å². The number of hydrogen-bond acceptors (Lipinski definition) is 5. The second kappa shape index (κ2) is 4.78. The number of nitrogens with one attached hydrogen (secondary N) is 1. The Balaban J connectivity index is 2.04. The summed E-state index contributed by atoms with van der Waals surface area (Å²) < 4.78 is 0. The normalized spacial score (nSPS) is 10.2. The lowest BCUT2D eigenvalue weighted by Crippen LogP contribution is -2.05. The fourth-order valence-electron chi connectivity index (χ4n) is 1.48. The van der Waals surface area contributed by atoms with E-state index in [4.69, 9.17) is 5.73 Å². The van der Waals surface area contributed by atoms with Crippen molar-refractivity contribution in [3.05, 3.63) is 41.3 Å². The predicted octanol–water partition coefficient (Wildman–Crippen LogP) is 1.68. The van der Waals surface area contributed by atoms with Crippen LogP contribution in [0.1, 0.15) is 17.0 Å². The van der Waals surface area contributed by atoms with Gasteiger partial charge in [-0.1, -0.05) is 6.07 Å². The number of pyridine rings is 1. The Kier molecular flexibility index (Phi) is 3.18. The summed E-state index contributed by atoms with van der Waals surface area (Å²) in [6.45, 7) is 4.52. The average molecular weight is 229 g/mol. The molecule has 0 amide bonds. The molecule has 0 aromatic carbocycles. The molecule has 0 aliphatic carbocycles. The zero-order chi connectivity index (χ0) is 12.3. The van der Waals surface area contributed by atoms with E-state index < -0.39 is 0 Å². The van der Waals surface area contributed by atoms with Crippen molar-refractivity contribution < 1.29 is 0 Å². The molecule has 0 aliphatic rings. The molecule has 5 nitrogen and oxygen atoms in total. The third-order valence-electron chi connectivity index (χ3n) is 2.32. The molecule has 0 fully saturated rings. The van der Waals surface area contributed by atoms with Gasteiger partial charge in [-0.2, -0.15) is 4.98 Å². The van der Waals surface area contributed by atoms with Crippen LogP contribution in [0.4, 0.5) is 11.8 Å². The molecule has 0 saturated carbocycles. The lowest BCUT2D eigenvalue weighted by molar-refractivity contribution is 1.04. The van der Waals surface area contributed by atoms with Crippen LogP contribution in [0.3, 0.4) is 0 Å². The highest BCUT2D eigenvalue weighted by Crippen LogP contribution is 2.09. The molecule has 2 heterocycles. The van der Waals surface area contributed by atoms with E-state index in [2.05, 4.69) is 20.3 Å². The van der Waals surface area contributed by atoms with Crippen molar-refractivity contribution in [2.45, 2.75) is 20.4 Å². The summed E-state index contributed by atoms with van der Waals surface area (Å²) in [5.74, 6) is 1.02. The highest BCUT2D eigenvalue weighted by atomic mass is 15.1. The third kappa shape index (κ3) is 3.14. The summed E-state index contributed by atoms with van der Waals surface area (Å²) in [7, 11) is 0. The summed E-state index contributed by atoms with van der Waals surface area (Å²) in [5.41, 5.74) is 8.54. The second-order valence-corrected chi connectivity index (χ2v) is 3.91. The van der Waals surface area contributed by atoms with Gasteiger partial charge in [-0.15, -0.1) is 0 Å². The van der Waals surface area contributed by atoms with Gasteiger partial charge in [0.1, 0.15) is 5.82 Å². The molecule has 17 heavy (non-hydrogen) atoms. The maximum Gasteiger partial charge on any atom is 0.222 e. The number of hydrogen-bond donors (Lipinski definition) is 2.